The normalized spacial score (nSPS) is 10.1. The molecule has 3 amide bonds. The smallest absolute Gasteiger partial charge is 0.317 e. The Balaban J connectivity index is 2.61. The molecular weight excluding hydrogens is 277 g/mol. The Labute approximate surface area is 123 Å². The summed E-state index contributed by atoms with van der Waals surface area (Å²) in [6, 6.07) is 5.40. The van der Waals surface area contributed by atoms with Gasteiger partial charge in [-0.15, -0.1) is 0 Å². The lowest BCUT2D eigenvalue weighted by molar-refractivity contribution is -0.131. The average molecular weight is 297 g/mol. The zero-order valence-electron chi connectivity index (χ0n) is 12.2. The zero-order chi connectivity index (χ0) is 15.8. The molecule has 6 nitrogen and oxygen atoms in total. The summed E-state index contributed by atoms with van der Waals surface area (Å²) in [5, 5.41) is 11.5. The fourth-order valence-electron chi connectivity index (χ4n) is 1.64. The van der Waals surface area contributed by atoms with Crippen molar-refractivity contribution in [3.8, 4) is 0 Å². The molecule has 0 aromatic heterocycles. The van der Waals surface area contributed by atoms with Gasteiger partial charge in [0, 0.05) is 27.2 Å². The number of amides is 3. The third-order valence-electron chi connectivity index (χ3n) is 2.81. The lowest BCUT2D eigenvalue weighted by atomic mass is 10.2. The van der Waals surface area contributed by atoms with E-state index >= 15 is 0 Å². The number of carbonyl (C=O) groups excluding carboxylic acids is 2. The molecule has 0 atom stereocenters. The summed E-state index contributed by atoms with van der Waals surface area (Å²) in [7, 11) is 3.15. The number of hydrogen-bond donors (Lipinski definition) is 2. The Morgan fingerprint density at radius 2 is 1.86 bits per heavy atom. The van der Waals surface area contributed by atoms with Crippen molar-refractivity contribution < 1.29 is 19.1 Å². The molecule has 0 aliphatic carbocycles. The minimum Gasteiger partial charge on any atom is -0.395 e. The van der Waals surface area contributed by atoms with Crippen molar-refractivity contribution in [2.24, 2.45) is 0 Å². The summed E-state index contributed by atoms with van der Waals surface area (Å²) in [4.78, 5) is 26.1. The first-order valence-corrected chi connectivity index (χ1v) is 6.52. The number of carbonyl (C=O) groups is 2. The second kappa shape index (κ2) is 8.21. The van der Waals surface area contributed by atoms with E-state index in [1.807, 2.05) is 0 Å². The van der Waals surface area contributed by atoms with Crippen LogP contribution in [0.5, 0.6) is 0 Å². The summed E-state index contributed by atoms with van der Waals surface area (Å²) < 4.78 is 12.8. The Hall–Kier alpha value is -2.15. The summed E-state index contributed by atoms with van der Waals surface area (Å²) in [6.45, 7) is 0.0539. The third-order valence-corrected chi connectivity index (χ3v) is 2.81. The molecule has 0 heterocycles. The van der Waals surface area contributed by atoms with Gasteiger partial charge in [0.15, 0.2) is 0 Å². The van der Waals surface area contributed by atoms with Crippen LogP contribution in [0.2, 0.25) is 0 Å². The van der Waals surface area contributed by atoms with E-state index in [0.29, 0.717) is 0 Å². The number of nitrogens with zero attached hydrogens (tertiary/aromatic N) is 2. The molecule has 0 saturated heterocycles. The Bertz CT molecular complexity index is 477. The van der Waals surface area contributed by atoms with E-state index in [1.165, 1.54) is 21.9 Å². The number of aliphatic hydroxyl groups is 1. The van der Waals surface area contributed by atoms with Gasteiger partial charge < -0.3 is 20.2 Å². The number of rotatable bonds is 6. The second-order valence-corrected chi connectivity index (χ2v) is 4.72. The maximum atomic E-state index is 12.8. The first kappa shape index (κ1) is 16.9. The van der Waals surface area contributed by atoms with Gasteiger partial charge in [-0.2, -0.15) is 0 Å². The lowest BCUT2D eigenvalue weighted by Gasteiger charge is -2.22. The van der Waals surface area contributed by atoms with Crippen LogP contribution in [0, 0.1) is 5.82 Å². The molecule has 0 fully saturated rings. The Kier molecular flexibility index (Phi) is 6.61. The van der Waals surface area contributed by atoms with E-state index in [4.69, 9.17) is 5.11 Å². The minimum absolute atomic E-state index is 0.147. The average Bonchev–Trinajstić information content (AvgIpc) is 2.46. The van der Waals surface area contributed by atoms with E-state index in [9.17, 15) is 14.0 Å². The molecule has 0 saturated carbocycles. The van der Waals surface area contributed by atoms with Gasteiger partial charge in [0.2, 0.25) is 5.91 Å². The molecule has 0 bridgehead atoms. The molecule has 0 spiro atoms. The highest BCUT2D eigenvalue weighted by atomic mass is 19.1. The number of aliphatic hydroxyl groups excluding tert-OH is 1. The van der Waals surface area contributed by atoms with Crippen molar-refractivity contribution in [2.75, 3.05) is 33.8 Å². The summed E-state index contributed by atoms with van der Waals surface area (Å²) >= 11 is 0. The summed E-state index contributed by atoms with van der Waals surface area (Å²) in [5.74, 6) is -0.666. The number of halogens is 1. The van der Waals surface area contributed by atoms with Crippen LogP contribution in [0.3, 0.4) is 0 Å². The van der Waals surface area contributed by atoms with Gasteiger partial charge >= 0.3 is 6.03 Å². The van der Waals surface area contributed by atoms with Crippen LogP contribution in [0.1, 0.15) is 5.56 Å². The van der Waals surface area contributed by atoms with E-state index < -0.39 is 0 Å². The highest BCUT2D eigenvalue weighted by Crippen LogP contribution is 2.06. The van der Waals surface area contributed by atoms with Crippen LogP contribution in [-0.4, -0.2) is 60.6 Å². The van der Waals surface area contributed by atoms with Crippen LogP contribution in [0.4, 0.5) is 9.18 Å². The summed E-state index contributed by atoms with van der Waals surface area (Å²) in [6.07, 6.45) is 0. The molecule has 116 valence electrons. The molecule has 7 heteroatoms. The number of benzene rings is 1. The van der Waals surface area contributed by atoms with E-state index in [0.717, 1.165) is 5.56 Å². The van der Waals surface area contributed by atoms with Gasteiger partial charge in [-0.1, -0.05) is 12.1 Å². The maximum Gasteiger partial charge on any atom is 0.317 e. The molecule has 2 N–H and O–H groups in total. The van der Waals surface area contributed by atoms with Crippen LogP contribution >= 0.6 is 0 Å². The van der Waals surface area contributed by atoms with Crippen LogP contribution in [0.25, 0.3) is 0 Å². The van der Waals surface area contributed by atoms with Gasteiger partial charge in [-0.25, -0.2) is 9.18 Å². The first-order valence-electron chi connectivity index (χ1n) is 6.52. The molecular formula is C14H20FN3O3. The zero-order valence-corrected chi connectivity index (χ0v) is 12.2. The molecule has 21 heavy (non-hydrogen) atoms. The predicted molar refractivity (Wildman–Crippen MR) is 76.0 cm³/mol. The highest BCUT2D eigenvalue weighted by molar-refractivity contribution is 5.83. The van der Waals surface area contributed by atoms with Crippen LogP contribution in [-0.2, 0) is 11.3 Å². The van der Waals surface area contributed by atoms with Crippen molar-refractivity contribution in [1.29, 1.82) is 0 Å². The Morgan fingerprint density at radius 3 is 2.38 bits per heavy atom. The van der Waals surface area contributed by atoms with Gasteiger partial charge in [0.25, 0.3) is 0 Å². The van der Waals surface area contributed by atoms with E-state index in [1.54, 1.807) is 26.2 Å². The fourth-order valence-corrected chi connectivity index (χ4v) is 1.64. The predicted octanol–water partition coefficient (Wildman–Crippen LogP) is 0.418. The van der Waals surface area contributed by atoms with E-state index in [2.05, 4.69) is 5.32 Å². The van der Waals surface area contributed by atoms with Crippen molar-refractivity contribution in [2.45, 2.75) is 6.54 Å². The molecule has 0 aliphatic heterocycles. The van der Waals surface area contributed by atoms with Crippen LogP contribution in [0.15, 0.2) is 24.3 Å². The third kappa shape index (κ3) is 5.78. The topological polar surface area (TPSA) is 72.9 Å². The minimum atomic E-state index is -0.367. The number of hydrogen-bond acceptors (Lipinski definition) is 3. The highest BCUT2D eigenvalue weighted by Gasteiger charge is 2.15. The SMILES string of the molecule is CN(C)C(=O)NCC(=O)N(CCO)Cc1ccc(F)cc1. The Morgan fingerprint density at radius 1 is 1.24 bits per heavy atom. The molecule has 0 aliphatic rings. The molecule has 0 unspecified atom stereocenters. The summed E-state index contributed by atoms with van der Waals surface area (Å²) in [5.41, 5.74) is 0.747. The van der Waals surface area contributed by atoms with Crippen molar-refractivity contribution in [1.82, 2.24) is 15.1 Å². The lowest BCUT2D eigenvalue weighted by Crippen LogP contribution is -2.43. The van der Waals surface area contributed by atoms with Gasteiger partial charge in [-0.3, -0.25) is 4.79 Å². The van der Waals surface area contributed by atoms with Crippen molar-refractivity contribution >= 4 is 11.9 Å². The molecule has 1 rings (SSSR count). The molecule has 1 aromatic carbocycles. The molecule has 1 aromatic rings. The monoisotopic (exact) mass is 297 g/mol. The van der Waals surface area contributed by atoms with Crippen molar-refractivity contribution in [3.05, 3.63) is 35.6 Å². The number of nitrogens with one attached hydrogen (secondary N) is 1. The van der Waals surface area contributed by atoms with Gasteiger partial charge in [-0.05, 0) is 17.7 Å². The van der Waals surface area contributed by atoms with Crippen LogP contribution < -0.4 is 5.32 Å². The van der Waals surface area contributed by atoms with Gasteiger partial charge in [0.1, 0.15) is 5.82 Å². The molecule has 0 radical (unpaired) electrons. The standard InChI is InChI=1S/C14H20FN3O3/c1-17(2)14(21)16-9-13(20)18(7-8-19)10-11-3-5-12(15)6-4-11/h3-6,19H,7-10H2,1-2H3,(H,16,21). The number of urea groups is 1. The fraction of sp³-hybridized carbons (Fsp3) is 0.429. The maximum absolute atomic E-state index is 12.8. The van der Waals surface area contributed by atoms with Crippen molar-refractivity contribution in [3.63, 3.8) is 0 Å². The quantitative estimate of drug-likeness (QED) is 0.799. The largest absolute Gasteiger partial charge is 0.395 e. The first-order chi connectivity index (χ1) is 9.93. The van der Waals surface area contributed by atoms with Gasteiger partial charge in [0.05, 0.1) is 13.2 Å². The second-order valence-electron chi connectivity index (χ2n) is 4.72. The van der Waals surface area contributed by atoms with E-state index in [-0.39, 0.29) is 44.0 Å².